The molecule has 0 aliphatic carbocycles. The van der Waals surface area contributed by atoms with Gasteiger partial charge in [0.15, 0.2) is 9.84 Å². The SMILES string of the molecule is CN(Cc1ccc(F)cc1)c1cccc(S(C)(=O)=O)c1N. The Morgan fingerprint density at radius 1 is 1.14 bits per heavy atom. The smallest absolute Gasteiger partial charge is 0.177 e. The Kier molecular flexibility index (Phi) is 4.18. The molecule has 2 aromatic rings. The van der Waals surface area contributed by atoms with Gasteiger partial charge in [0.05, 0.1) is 16.3 Å². The highest BCUT2D eigenvalue weighted by Gasteiger charge is 2.16. The van der Waals surface area contributed by atoms with Crippen molar-refractivity contribution in [2.45, 2.75) is 11.4 Å². The van der Waals surface area contributed by atoms with Crippen LogP contribution in [-0.4, -0.2) is 21.7 Å². The van der Waals surface area contributed by atoms with Gasteiger partial charge >= 0.3 is 0 Å². The molecular weight excluding hydrogens is 291 g/mol. The third kappa shape index (κ3) is 3.52. The normalized spacial score (nSPS) is 11.4. The lowest BCUT2D eigenvalue weighted by atomic mass is 10.2. The first kappa shape index (κ1) is 15.3. The summed E-state index contributed by atoms with van der Waals surface area (Å²) >= 11 is 0. The molecule has 0 saturated heterocycles. The van der Waals surface area contributed by atoms with Gasteiger partial charge in [-0.25, -0.2) is 12.8 Å². The molecule has 0 radical (unpaired) electrons. The highest BCUT2D eigenvalue weighted by atomic mass is 32.2. The van der Waals surface area contributed by atoms with Crippen molar-refractivity contribution in [1.29, 1.82) is 0 Å². The number of hydrogen-bond donors (Lipinski definition) is 1. The number of nitrogens with zero attached hydrogens (tertiary/aromatic N) is 1. The number of halogens is 1. The molecule has 0 heterocycles. The van der Waals surface area contributed by atoms with E-state index in [2.05, 4.69) is 0 Å². The van der Waals surface area contributed by atoms with E-state index in [-0.39, 0.29) is 16.4 Å². The van der Waals surface area contributed by atoms with Gasteiger partial charge in [-0.2, -0.15) is 0 Å². The molecule has 4 nitrogen and oxygen atoms in total. The van der Waals surface area contributed by atoms with Gasteiger partial charge in [0.1, 0.15) is 5.82 Å². The molecular formula is C15H17FN2O2S. The number of anilines is 2. The zero-order chi connectivity index (χ0) is 15.6. The van der Waals surface area contributed by atoms with E-state index >= 15 is 0 Å². The van der Waals surface area contributed by atoms with Crippen molar-refractivity contribution in [1.82, 2.24) is 0 Å². The lowest BCUT2D eigenvalue weighted by Crippen LogP contribution is -2.19. The van der Waals surface area contributed by atoms with Crippen LogP contribution in [0.2, 0.25) is 0 Å². The molecule has 2 aromatic carbocycles. The number of nitrogens with two attached hydrogens (primary N) is 1. The second-order valence-corrected chi connectivity index (χ2v) is 6.93. The standard InChI is InChI=1S/C15H17FN2O2S/c1-18(10-11-6-8-12(16)9-7-11)13-4-3-5-14(15(13)17)21(2,19)20/h3-9H,10,17H2,1-2H3. The largest absolute Gasteiger partial charge is 0.396 e. The maximum atomic E-state index is 12.9. The highest BCUT2D eigenvalue weighted by Crippen LogP contribution is 2.29. The first-order valence-corrected chi connectivity index (χ1v) is 8.22. The fraction of sp³-hybridized carbons (Fsp3) is 0.200. The molecule has 2 rings (SSSR count). The average Bonchev–Trinajstić information content (AvgIpc) is 2.40. The van der Waals surface area contributed by atoms with Gasteiger partial charge in [0.2, 0.25) is 0 Å². The van der Waals surface area contributed by atoms with E-state index < -0.39 is 9.84 Å². The summed E-state index contributed by atoms with van der Waals surface area (Å²) in [5, 5.41) is 0. The molecule has 0 fully saturated rings. The number of hydrogen-bond acceptors (Lipinski definition) is 4. The molecule has 0 aliphatic rings. The topological polar surface area (TPSA) is 63.4 Å². The number of sulfone groups is 1. The van der Waals surface area contributed by atoms with Crippen LogP contribution in [0.15, 0.2) is 47.4 Å². The van der Waals surface area contributed by atoms with Crippen LogP contribution in [-0.2, 0) is 16.4 Å². The molecule has 2 N–H and O–H groups in total. The molecule has 6 heteroatoms. The van der Waals surface area contributed by atoms with Crippen LogP contribution in [0.1, 0.15) is 5.56 Å². The summed E-state index contributed by atoms with van der Waals surface area (Å²) in [5.74, 6) is -0.292. The van der Waals surface area contributed by atoms with E-state index in [9.17, 15) is 12.8 Å². The Morgan fingerprint density at radius 3 is 2.33 bits per heavy atom. The second kappa shape index (κ2) is 5.73. The lowest BCUT2D eigenvalue weighted by molar-refractivity contribution is 0.602. The van der Waals surface area contributed by atoms with Crippen LogP contribution in [0.25, 0.3) is 0 Å². The quantitative estimate of drug-likeness (QED) is 0.881. The fourth-order valence-electron chi connectivity index (χ4n) is 2.14. The molecule has 0 aromatic heterocycles. The third-order valence-corrected chi connectivity index (χ3v) is 4.34. The Bertz CT molecular complexity index is 743. The van der Waals surface area contributed by atoms with Crippen molar-refractivity contribution in [3.05, 3.63) is 53.8 Å². The van der Waals surface area contributed by atoms with Gasteiger partial charge in [0, 0.05) is 19.8 Å². The van der Waals surface area contributed by atoms with E-state index in [0.717, 1.165) is 11.8 Å². The predicted molar refractivity (Wildman–Crippen MR) is 82.5 cm³/mol. The first-order chi connectivity index (χ1) is 9.79. The molecule has 0 unspecified atom stereocenters. The van der Waals surface area contributed by atoms with Gasteiger partial charge in [-0.1, -0.05) is 18.2 Å². The van der Waals surface area contributed by atoms with E-state index in [1.54, 1.807) is 31.3 Å². The van der Waals surface area contributed by atoms with Crippen molar-refractivity contribution in [2.24, 2.45) is 0 Å². The monoisotopic (exact) mass is 308 g/mol. The second-order valence-electron chi connectivity index (χ2n) is 4.94. The van der Waals surface area contributed by atoms with Crippen molar-refractivity contribution >= 4 is 21.2 Å². The van der Waals surface area contributed by atoms with E-state index in [1.165, 1.54) is 18.2 Å². The van der Waals surface area contributed by atoms with Crippen LogP contribution in [0.3, 0.4) is 0 Å². The van der Waals surface area contributed by atoms with Gasteiger partial charge < -0.3 is 10.6 Å². The molecule has 0 amide bonds. The molecule has 0 spiro atoms. The predicted octanol–water partition coefficient (Wildman–Crippen LogP) is 2.45. The maximum Gasteiger partial charge on any atom is 0.177 e. The van der Waals surface area contributed by atoms with E-state index in [1.807, 2.05) is 4.90 Å². The van der Waals surface area contributed by atoms with Gasteiger partial charge in [-0.15, -0.1) is 0 Å². The first-order valence-electron chi connectivity index (χ1n) is 6.33. The number of para-hydroxylation sites is 1. The zero-order valence-corrected chi connectivity index (χ0v) is 12.7. The molecule has 0 atom stereocenters. The zero-order valence-electron chi connectivity index (χ0n) is 11.9. The molecule has 0 aliphatic heterocycles. The third-order valence-electron chi connectivity index (χ3n) is 3.19. The van der Waals surface area contributed by atoms with Crippen molar-refractivity contribution in [2.75, 3.05) is 23.9 Å². The molecule has 0 bridgehead atoms. The summed E-state index contributed by atoms with van der Waals surface area (Å²) < 4.78 is 36.3. The summed E-state index contributed by atoms with van der Waals surface area (Å²) in [4.78, 5) is 1.95. The van der Waals surface area contributed by atoms with Gasteiger partial charge in [0.25, 0.3) is 0 Å². The van der Waals surface area contributed by atoms with Crippen LogP contribution in [0, 0.1) is 5.82 Å². The number of nitrogen functional groups attached to an aromatic ring is 1. The summed E-state index contributed by atoms with van der Waals surface area (Å²) in [6.07, 6.45) is 1.13. The summed E-state index contributed by atoms with van der Waals surface area (Å²) in [6.45, 7) is 0.498. The van der Waals surface area contributed by atoms with Crippen LogP contribution >= 0.6 is 0 Å². The summed E-state index contributed by atoms with van der Waals surface area (Å²) in [7, 11) is -1.56. The van der Waals surface area contributed by atoms with Crippen LogP contribution in [0.4, 0.5) is 15.8 Å². The van der Waals surface area contributed by atoms with Crippen molar-refractivity contribution in [3.8, 4) is 0 Å². The Labute approximate surface area is 123 Å². The average molecular weight is 308 g/mol. The highest BCUT2D eigenvalue weighted by molar-refractivity contribution is 7.90. The Morgan fingerprint density at radius 2 is 1.76 bits per heavy atom. The number of rotatable bonds is 4. The molecule has 21 heavy (non-hydrogen) atoms. The van der Waals surface area contributed by atoms with E-state index in [4.69, 9.17) is 5.73 Å². The molecule has 0 saturated carbocycles. The van der Waals surface area contributed by atoms with Crippen LogP contribution < -0.4 is 10.6 Å². The number of benzene rings is 2. The lowest BCUT2D eigenvalue weighted by Gasteiger charge is -2.22. The molecule has 112 valence electrons. The Hall–Kier alpha value is -2.08. The minimum absolute atomic E-state index is 0.117. The summed E-state index contributed by atoms with van der Waals surface area (Å²) in [5.41, 5.74) is 7.73. The summed E-state index contributed by atoms with van der Waals surface area (Å²) in [6, 6.07) is 11.0. The van der Waals surface area contributed by atoms with Crippen molar-refractivity contribution < 1.29 is 12.8 Å². The van der Waals surface area contributed by atoms with Gasteiger partial charge in [-0.05, 0) is 29.8 Å². The van der Waals surface area contributed by atoms with Crippen molar-refractivity contribution in [3.63, 3.8) is 0 Å². The maximum absolute atomic E-state index is 12.9. The van der Waals surface area contributed by atoms with Crippen LogP contribution in [0.5, 0.6) is 0 Å². The minimum atomic E-state index is -3.37. The fourth-order valence-corrected chi connectivity index (χ4v) is 2.97. The van der Waals surface area contributed by atoms with Gasteiger partial charge in [-0.3, -0.25) is 0 Å². The minimum Gasteiger partial charge on any atom is -0.396 e. The Balaban J connectivity index is 2.31. The van der Waals surface area contributed by atoms with E-state index in [0.29, 0.717) is 12.2 Å².